The van der Waals surface area contributed by atoms with Gasteiger partial charge in [0, 0.05) is 6.20 Å². The molecule has 0 aliphatic carbocycles. The van der Waals surface area contributed by atoms with Crippen LogP contribution in [0.1, 0.15) is 10.4 Å². The van der Waals surface area contributed by atoms with Gasteiger partial charge in [0.2, 0.25) is 0 Å². The first-order valence-electron chi connectivity index (χ1n) is 3.73. The van der Waals surface area contributed by atoms with Crippen molar-refractivity contribution < 1.29 is 19.8 Å². The first-order chi connectivity index (χ1) is 6.59. The minimum Gasteiger partial charge on any atom is -0.506 e. The zero-order chi connectivity index (χ0) is 10.6. The summed E-state index contributed by atoms with van der Waals surface area (Å²) in [6.45, 7) is -0.464. The minimum absolute atomic E-state index is 0.117. The summed E-state index contributed by atoms with van der Waals surface area (Å²) in [4.78, 5) is 24.9. The van der Waals surface area contributed by atoms with Crippen molar-refractivity contribution >= 4 is 11.9 Å². The van der Waals surface area contributed by atoms with E-state index in [9.17, 15) is 9.59 Å². The summed E-state index contributed by atoms with van der Waals surface area (Å²) in [6.07, 6.45) is 2.41. The highest BCUT2D eigenvalue weighted by Gasteiger charge is 2.07. The van der Waals surface area contributed by atoms with Gasteiger partial charge in [0.1, 0.15) is 12.3 Å². The molecule has 1 heterocycles. The molecule has 0 saturated heterocycles. The Morgan fingerprint density at radius 1 is 1.43 bits per heavy atom. The average molecular weight is 196 g/mol. The summed E-state index contributed by atoms with van der Waals surface area (Å²) < 4.78 is 0. The molecule has 0 bridgehead atoms. The van der Waals surface area contributed by atoms with Crippen molar-refractivity contribution in [2.45, 2.75) is 0 Å². The van der Waals surface area contributed by atoms with Gasteiger partial charge in [0.25, 0.3) is 5.91 Å². The highest BCUT2D eigenvalue weighted by Crippen LogP contribution is 2.07. The lowest BCUT2D eigenvalue weighted by Crippen LogP contribution is -2.29. The number of aromatic hydroxyl groups is 1. The molecule has 0 unspecified atom stereocenters. The third kappa shape index (κ3) is 2.74. The van der Waals surface area contributed by atoms with Gasteiger partial charge < -0.3 is 15.5 Å². The van der Waals surface area contributed by atoms with Crippen LogP contribution in [0.4, 0.5) is 0 Å². The van der Waals surface area contributed by atoms with Crippen molar-refractivity contribution in [3.8, 4) is 5.75 Å². The Hall–Kier alpha value is -2.11. The molecule has 0 fully saturated rings. The Balaban J connectivity index is 2.65. The second-order valence-electron chi connectivity index (χ2n) is 2.51. The Labute approximate surface area is 79.2 Å². The second-order valence-corrected chi connectivity index (χ2v) is 2.51. The number of hydrogen-bond acceptors (Lipinski definition) is 4. The Bertz CT molecular complexity index is 364. The lowest BCUT2D eigenvalue weighted by molar-refractivity contribution is -0.135. The van der Waals surface area contributed by atoms with Gasteiger partial charge >= 0.3 is 5.97 Å². The van der Waals surface area contributed by atoms with Gasteiger partial charge in [-0.1, -0.05) is 0 Å². The number of pyridine rings is 1. The van der Waals surface area contributed by atoms with Gasteiger partial charge in [-0.05, 0) is 6.07 Å². The highest BCUT2D eigenvalue weighted by molar-refractivity contribution is 5.95. The fourth-order valence-electron chi connectivity index (χ4n) is 0.810. The van der Waals surface area contributed by atoms with E-state index in [1.807, 2.05) is 0 Å². The zero-order valence-corrected chi connectivity index (χ0v) is 7.10. The fraction of sp³-hybridized carbons (Fsp3) is 0.125. The molecule has 14 heavy (non-hydrogen) atoms. The molecule has 6 nitrogen and oxygen atoms in total. The molecule has 1 amide bonds. The van der Waals surface area contributed by atoms with Crippen LogP contribution >= 0.6 is 0 Å². The van der Waals surface area contributed by atoms with E-state index in [2.05, 4.69) is 10.3 Å². The number of nitrogens with one attached hydrogen (secondary N) is 1. The van der Waals surface area contributed by atoms with Crippen LogP contribution in [-0.2, 0) is 4.79 Å². The van der Waals surface area contributed by atoms with E-state index in [4.69, 9.17) is 10.2 Å². The fourth-order valence-corrected chi connectivity index (χ4v) is 0.810. The maximum Gasteiger partial charge on any atom is 0.322 e. The van der Waals surface area contributed by atoms with Gasteiger partial charge in [-0.25, -0.2) is 0 Å². The minimum atomic E-state index is -1.13. The maximum absolute atomic E-state index is 11.2. The monoisotopic (exact) mass is 196 g/mol. The number of amides is 1. The predicted molar refractivity (Wildman–Crippen MR) is 45.9 cm³/mol. The molecule has 0 aromatic carbocycles. The van der Waals surface area contributed by atoms with E-state index < -0.39 is 18.4 Å². The molecule has 1 aromatic heterocycles. The summed E-state index contributed by atoms with van der Waals surface area (Å²) in [5.41, 5.74) is 0.117. The standard InChI is InChI=1S/C8H8N2O4/c11-6-1-5(2-9-3-6)8(14)10-4-7(12)13/h1-3,11H,4H2,(H,10,14)(H,12,13). The van der Waals surface area contributed by atoms with Crippen LogP contribution in [0.3, 0.4) is 0 Å². The second kappa shape index (κ2) is 4.22. The van der Waals surface area contributed by atoms with Crippen LogP contribution in [0.2, 0.25) is 0 Å². The number of carbonyl (C=O) groups excluding carboxylic acids is 1. The first-order valence-corrected chi connectivity index (χ1v) is 3.73. The molecule has 6 heteroatoms. The Kier molecular flexibility index (Phi) is 3.01. The van der Waals surface area contributed by atoms with Gasteiger partial charge in [0.15, 0.2) is 0 Å². The predicted octanol–water partition coefficient (Wildman–Crippen LogP) is -0.398. The van der Waals surface area contributed by atoms with E-state index in [1.165, 1.54) is 18.5 Å². The summed E-state index contributed by atoms with van der Waals surface area (Å²) >= 11 is 0. The third-order valence-corrected chi connectivity index (χ3v) is 1.39. The molecule has 0 aliphatic rings. The smallest absolute Gasteiger partial charge is 0.322 e. The number of aliphatic carboxylic acids is 1. The average Bonchev–Trinajstić information content (AvgIpc) is 2.14. The molecule has 3 N–H and O–H groups in total. The Morgan fingerprint density at radius 2 is 2.14 bits per heavy atom. The molecule has 0 aliphatic heterocycles. The molecular weight excluding hydrogens is 188 g/mol. The zero-order valence-electron chi connectivity index (χ0n) is 7.10. The molecule has 1 aromatic rings. The number of nitrogens with zero attached hydrogens (tertiary/aromatic N) is 1. The van der Waals surface area contributed by atoms with E-state index >= 15 is 0 Å². The number of carboxylic acid groups (broad SMARTS) is 1. The normalized spacial score (nSPS) is 9.43. The van der Waals surface area contributed by atoms with Gasteiger partial charge in [-0.3, -0.25) is 14.6 Å². The summed E-state index contributed by atoms with van der Waals surface area (Å²) in [6, 6.07) is 1.20. The highest BCUT2D eigenvalue weighted by atomic mass is 16.4. The van der Waals surface area contributed by atoms with Gasteiger partial charge in [-0.2, -0.15) is 0 Å². The molecular formula is C8H8N2O4. The quantitative estimate of drug-likeness (QED) is 0.610. The molecule has 0 atom stereocenters. The lowest BCUT2D eigenvalue weighted by Gasteiger charge is -2.01. The van der Waals surface area contributed by atoms with Crippen molar-refractivity contribution in [3.63, 3.8) is 0 Å². The van der Waals surface area contributed by atoms with E-state index in [-0.39, 0.29) is 11.3 Å². The summed E-state index contributed by atoms with van der Waals surface area (Å²) in [5, 5.41) is 19.4. The maximum atomic E-state index is 11.2. The third-order valence-electron chi connectivity index (χ3n) is 1.39. The topological polar surface area (TPSA) is 99.5 Å². The van der Waals surface area contributed by atoms with E-state index in [0.29, 0.717) is 0 Å². The number of carbonyl (C=O) groups is 2. The van der Waals surface area contributed by atoms with E-state index in [0.717, 1.165) is 0 Å². The molecule has 0 saturated carbocycles. The lowest BCUT2D eigenvalue weighted by atomic mass is 10.2. The first kappa shape index (κ1) is 9.97. The number of aromatic nitrogens is 1. The van der Waals surface area contributed by atoms with Crippen LogP contribution in [0.5, 0.6) is 5.75 Å². The van der Waals surface area contributed by atoms with Crippen molar-refractivity contribution in [2.24, 2.45) is 0 Å². The van der Waals surface area contributed by atoms with Crippen LogP contribution in [0.15, 0.2) is 18.5 Å². The Morgan fingerprint density at radius 3 is 2.71 bits per heavy atom. The van der Waals surface area contributed by atoms with Crippen molar-refractivity contribution in [2.75, 3.05) is 6.54 Å². The van der Waals surface area contributed by atoms with Gasteiger partial charge in [0.05, 0.1) is 11.8 Å². The molecule has 0 radical (unpaired) electrons. The van der Waals surface area contributed by atoms with Crippen molar-refractivity contribution in [1.29, 1.82) is 0 Å². The molecule has 74 valence electrons. The largest absolute Gasteiger partial charge is 0.506 e. The van der Waals surface area contributed by atoms with Crippen molar-refractivity contribution in [3.05, 3.63) is 24.0 Å². The van der Waals surface area contributed by atoms with Crippen LogP contribution in [-0.4, -0.2) is 33.6 Å². The summed E-state index contributed by atoms with van der Waals surface area (Å²) in [5.74, 6) is -1.87. The van der Waals surface area contributed by atoms with Crippen LogP contribution in [0.25, 0.3) is 0 Å². The number of carboxylic acids is 1. The SMILES string of the molecule is O=C(O)CNC(=O)c1cncc(O)c1. The number of hydrogen-bond donors (Lipinski definition) is 3. The van der Waals surface area contributed by atoms with Crippen molar-refractivity contribution in [1.82, 2.24) is 10.3 Å². The summed E-state index contributed by atoms with van der Waals surface area (Å²) in [7, 11) is 0. The van der Waals surface area contributed by atoms with Crippen LogP contribution in [0, 0.1) is 0 Å². The van der Waals surface area contributed by atoms with Crippen LogP contribution < -0.4 is 5.32 Å². The number of rotatable bonds is 3. The van der Waals surface area contributed by atoms with E-state index in [1.54, 1.807) is 0 Å². The van der Waals surface area contributed by atoms with Gasteiger partial charge in [-0.15, -0.1) is 0 Å². The molecule has 0 spiro atoms. The molecule has 1 rings (SSSR count).